The first-order valence-corrected chi connectivity index (χ1v) is 6.22. The van der Waals surface area contributed by atoms with Gasteiger partial charge in [-0.05, 0) is 5.56 Å². The quantitative estimate of drug-likeness (QED) is 0.883. The zero-order chi connectivity index (χ0) is 14.8. The summed E-state index contributed by atoms with van der Waals surface area (Å²) in [6.07, 6.45) is -2.65. The zero-order valence-corrected chi connectivity index (χ0v) is 11.2. The number of nitrogens with two attached hydrogens (primary N) is 1. The van der Waals surface area contributed by atoms with Gasteiger partial charge in [0.25, 0.3) is 0 Å². The normalized spacial score (nSPS) is 13.2. The minimum Gasteiger partial charge on any atom is -0.393 e. The third-order valence-electron chi connectivity index (χ3n) is 2.88. The lowest BCUT2D eigenvalue weighted by Gasteiger charge is -2.16. The van der Waals surface area contributed by atoms with E-state index in [1.807, 2.05) is 30.3 Å². The lowest BCUT2D eigenvalue weighted by atomic mass is 9.99. The minimum atomic E-state index is -4.40. The molecule has 7 heteroatoms. The van der Waals surface area contributed by atoms with E-state index in [2.05, 4.69) is 5.10 Å². The van der Waals surface area contributed by atoms with Crippen LogP contribution in [0.5, 0.6) is 0 Å². The first-order chi connectivity index (χ1) is 9.38. The lowest BCUT2D eigenvalue weighted by molar-refractivity contribution is -0.137. The zero-order valence-electron chi connectivity index (χ0n) is 10.3. The molecular formula is C13H12F3N3S. The second kappa shape index (κ2) is 5.62. The molecule has 0 aliphatic carbocycles. The molecule has 0 saturated carbocycles. The molecule has 2 rings (SSSR count). The lowest BCUT2D eigenvalue weighted by Crippen LogP contribution is -2.24. The SMILES string of the molecule is NC(=S)C(Cn1cc(C(F)(F)F)cn1)c1ccccc1. The fraction of sp³-hybridized carbons (Fsp3) is 0.231. The molecule has 0 bridgehead atoms. The third-order valence-corrected chi connectivity index (χ3v) is 3.16. The van der Waals surface area contributed by atoms with Gasteiger partial charge in [-0.1, -0.05) is 42.5 Å². The molecule has 0 fully saturated rings. The summed E-state index contributed by atoms with van der Waals surface area (Å²) in [6, 6.07) is 9.15. The van der Waals surface area contributed by atoms with Gasteiger partial charge in [-0.3, -0.25) is 4.68 Å². The Balaban J connectivity index is 2.22. The first-order valence-electron chi connectivity index (χ1n) is 5.82. The van der Waals surface area contributed by atoms with Crippen molar-refractivity contribution in [2.75, 3.05) is 0 Å². The standard InChI is InChI=1S/C13H12F3N3S/c14-13(15,16)10-6-18-19(7-10)8-11(12(17)20)9-4-2-1-3-5-9/h1-7,11H,8H2,(H2,17,20). The highest BCUT2D eigenvalue weighted by Crippen LogP contribution is 2.29. The van der Waals surface area contributed by atoms with Crippen LogP contribution in [-0.4, -0.2) is 14.8 Å². The van der Waals surface area contributed by atoms with E-state index in [0.29, 0.717) is 0 Å². The highest BCUT2D eigenvalue weighted by molar-refractivity contribution is 7.80. The Kier molecular flexibility index (Phi) is 4.08. The summed E-state index contributed by atoms with van der Waals surface area (Å²) in [6.45, 7) is 0.176. The highest BCUT2D eigenvalue weighted by Gasteiger charge is 2.32. The van der Waals surface area contributed by atoms with Crippen LogP contribution in [0.2, 0.25) is 0 Å². The van der Waals surface area contributed by atoms with Crippen molar-refractivity contribution in [2.45, 2.75) is 18.6 Å². The van der Waals surface area contributed by atoms with Gasteiger partial charge in [0.05, 0.1) is 29.2 Å². The van der Waals surface area contributed by atoms with E-state index in [-0.39, 0.29) is 17.5 Å². The number of hydrogen-bond acceptors (Lipinski definition) is 2. The van der Waals surface area contributed by atoms with Gasteiger partial charge in [-0.25, -0.2) is 0 Å². The molecule has 2 N–H and O–H groups in total. The molecule has 1 aromatic heterocycles. The number of aromatic nitrogens is 2. The van der Waals surface area contributed by atoms with E-state index < -0.39 is 11.7 Å². The van der Waals surface area contributed by atoms with Gasteiger partial charge >= 0.3 is 6.18 Å². The van der Waals surface area contributed by atoms with E-state index in [1.165, 1.54) is 4.68 Å². The van der Waals surface area contributed by atoms with Gasteiger partial charge in [0.15, 0.2) is 0 Å². The smallest absolute Gasteiger partial charge is 0.393 e. The molecule has 20 heavy (non-hydrogen) atoms. The first kappa shape index (κ1) is 14.5. The molecule has 2 aromatic rings. The number of nitrogens with zero attached hydrogens (tertiary/aromatic N) is 2. The van der Waals surface area contributed by atoms with Gasteiger partial charge in [-0.2, -0.15) is 18.3 Å². The fourth-order valence-electron chi connectivity index (χ4n) is 1.84. The summed E-state index contributed by atoms with van der Waals surface area (Å²) >= 11 is 4.99. The number of halogens is 3. The summed E-state index contributed by atoms with van der Waals surface area (Å²) < 4.78 is 38.8. The van der Waals surface area contributed by atoms with Crippen molar-refractivity contribution in [3.05, 3.63) is 53.9 Å². The number of benzene rings is 1. The van der Waals surface area contributed by atoms with Crippen LogP contribution >= 0.6 is 12.2 Å². The van der Waals surface area contributed by atoms with Gasteiger partial charge in [-0.15, -0.1) is 0 Å². The second-order valence-electron chi connectivity index (χ2n) is 4.31. The second-order valence-corrected chi connectivity index (χ2v) is 4.79. The maximum absolute atomic E-state index is 12.5. The number of hydrogen-bond donors (Lipinski definition) is 1. The summed E-state index contributed by atoms with van der Waals surface area (Å²) in [4.78, 5) is 0.222. The number of rotatable bonds is 4. The monoisotopic (exact) mass is 299 g/mol. The number of alkyl halides is 3. The van der Waals surface area contributed by atoms with Crippen molar-refractivity contribution in [1.82, 2.24) is 9.78 Å². The Morgan fingerprint density at radius 1 is 1.30 bits per heavy atom. The largest absolute Gasteiger partial charge is 0.419 e. The van der Waals surface area contributed by atoms with Crippen LogP contribution < -0.4 is 5.73 Å². The molecule has 1 heterocycles. The molecule has 0 saturated heterocycles. The number of thiocarbonyl (C=S) groups is 1. The van der Waals surface area contributed by atoms with Gasteiger partial charge in [0.2, 0.25) is 0 Å². The summed E-state index contributed by atoms with van der Waals surface area (Å²) in [5, 5.41) is 3.71. The average Bonchev–Trinajstić information content (AvgIpc) is 2.85. The molecule has 0 radical (unpaired) electrons. The van der Waals surface area contributed by atoms with E-state index in [9.17, 15) is 13.2 Å². The van der Waals surface area contributed by atoms with E-state index in [4.69, 9.17) is 18.0 Å². The third kappa shape index (κ3) is 3.36. The Bertz CT molecular complexity index is 592. The topological polar surface area (TPSA) is 43.8 Å². The van der Waals surface area contributed by atoms with Crippen molar-refractivity contribution >= 4 is 17.2 Å². The van der Waals surface area contributed by atoms with Crippen LogP contribution in [0.15, 0.2) is 42.7 Å². The Hall–Kier alpha value is -1.89. The Morgan fingerprint density at radius 3 is 2.45 bits per heavy atom. The predicted octanol–water partition coefficient (Wildman–Crippen LogP) is 2.97. The Labute approximate surface area is 119 Å². The summed E-state index contributed by atoms with van der Waals surface area (Å²) in [5.41, 5.74) is 5.74. The molecule has 0 aliphatic rings. The summed E-state index contributed by atoms with van der Waals surface area (Å²) in [7, 11) is 0. The molecule has 106 valence electrons. The molecule has 0 spiro atoms. The van der Waals surface area contributed by atoms with Crippen molar-refractivity contribution < 1.29 is 13.2 Å². The van der Waals surface area contributed by atoms with E-state index >= 15 is 0 Å². The van der Waals surface area contributed by atoms with Gasteiger partial charge in [0.1, 0.15) is 0 Å². The highest BCUT2D eigenvalue weighted by atomic mass is 32.1. The van der Waals surface area contributed by atoms with Crippen LogP contribution in [0.25, 0.3) is 0 Å². The molecule has 3 nitrogen and oxygen atoms in total. The maximum atomic E-state index is 12.5. The average molecular weight is 299 g/mol. The van der Waals surface area contributed by atoms with E-state index in [1.54, 1.807) is 0 Å². The molecule has 0 aliphatic heterocycles. The van der Waals surface area contributed by atoms with Crippen molar-refractivity contribution in [1.29, 1.82) is 0 Å². The molecule has 1 aromatic carbocycles. The maximum Gasteiger partial charge on any atom is 0.419 e. The van der Waals surface area contributed by atoms with Crippen LogP contribution in [-0.2, 0) is 12.7 Å². The molecule has 1 unspecified atom stereocenters. The van der Waals surface area contributed by atoms with Gasteiger partial charge in [0, 0.05) is 6.20 Å². The minimum absolute atomic E-state index is 0.176. The fourth-order valence-corrected chi connectivity index (χ4v) is 2.05. The predicted molar refractivity (Wildman–Crippen MR) is 73.2 cm³/mol. The van der Waals surface area contributed by atoms with Crippen molar-refractivity contribution in [3.63, 3.8) is 0 Å². The Morgan fingerprint density at radius 2 is 1.95 bits per heavy atom. The van der Waals surface area contributed by atoms with Crippen LogP contribution in [0.1, 0.15) is 17.0 Å². The summed E-state index contributed by atoms with van der Waals surface area (Å²) in [5.74, 6) is -0.354. The van der Waals surface area contributed by atoms with Crippen LogP contribution in [0, 0.1) is 0 Å². The van der Waals surface area contributed by atoms with Crippen molar-refractivity contribution in [3.8, 4) is 0 Å². The molecule has 0 amide bonds. The van der Waals surface area contributed by atoms with Crippen molar-refractivity contribution in [2.24, 2.45) is 5.73 Å². The molecular weight excluding hydrogens is 287 g/mol. The molecule has 1 atom stereocenters. The van der Waals surface area contributed by atoms with Crippen LogP contribution in [0.3, 0.4) is 0 Å². The van der Waals surface area contributed by atoms with Gasteiger partial charge < -0.3 is 5.73 Å². The van der Waals surface area contributed by atoms with E-state index in [0.717, 1.165) is 18.0 Å². The van der Waals surface area contributed by atoms with Crippen LogP contribution in [0.4, 0.5) is 13.2 Å².